The third-order valence-electron chi connectivity index (χ3n) is 3.96. The summed E-state index contributed by atoms with van der Waals surface area (Å²) in [7, 11) is 4.09. The molecular weight excluding hydrogens is 312 g/mol. The molecule has 2 aromatic rings. The molecule has 130 valence electrons. The monoisotopic (exact) mass is 336 g/mol. The van der Waals surface area contributed by atoms with Crippen molar-refractivity contribution in [3.8, 4) is 17.2 Å². The van der Waals surface area contributed by atoms with Crippen molar-refractivity contribution in [1.82, 2.24) is 4.90 Å². The van der Waals surface area contributed by atoms with Gasteiger partial charge in [-0.2, -0.15) is 0 Å². The van der Waals surface area contributed by atoms with Gasteiger partial charge in [0.15, 0.2) is 6.10 Å². The summed E-state index contributed by atoms with van der Waals surface area (Å²) in [5.74, 6) is 2.41. The molecule has 0 N–H and O–H groups in total. The molecule has 0 saturated heterocycles. The van der Waals surface area contributed by atoms with Gasteiger partial charge in [0.2, 0.25) is 0 Å². The second-order valence-corrected chi connectivity index (χ2v) is 6.36. The lowest BCUT2D eigenvalue weighted by Crippen LogP contribution is -2.21. The second-order valence-electron chi connectivity index (χ2n) is 6.36. The van der Waals surface area contributed by atoms with Gasteiger partial charge in [-0.3, -0.25) is 4.99 Å². The van der Waals surface area contributed by atoms with E-state index in [9.17, 15) is 0 Å². The maximum atomic E-state index is 6.07. The Bertz CT molecular complexity index is 767. The van der Waals surface area contributed by atoms with Gasteiger partial charge in [-0.25, -0.2) is 0 Å². The van der Waals surface area contributed by atoms with Crippen LogP contribution < -0.4 is 9.47 Å². The van der Waals surface area contributed by atoms with Gasteiger partial charge in [0.05, 0.1) is 6.54 Å². The summed E-state index contributed by atoms with van der Waals surface area (Å²) in [5, 5.41) is 0. The van der Waals surface area contributed by atoms with Crippen molar-refractivity contribution in [3.05, 3.63) is 60.2 Å². The van der Waals surface area contributed by atoms with E-state index in [1.165, 1.54) is 5.57 Å². The molecule has 3 rings (SSSR count). The van der Waals surface area contributed by atoms with Crippen LogP contribution in [0.1, 0.15) is 12.5 Å². The first-order valence-corrected chi connectivity index (χ1v) is 8.49. The molecule has 0 amide bonds. The molecule has 0 aliphatic carbocycles. The lowest BCUT2D eigenvalue weighted by molar-refractivity contribution is 0.309. The van der Waals surface area contributed by atoms with Crippen molar-refractivity contribution >= 4 is 11.8 Å². The van der Waals surface area contributed by atoms with Gasteiger partial charge in [-0.05, 0) is 56.9 Å². The maximum Gasteiger partial charge on any atom is 0.152 e. The molecule has 0 radical (unpaired) electrons. The van der Waals surface area contributed by atoms with E-state index < -0.39 is 0 Å². The quantitative estimate of drug-likeness (QED) is 0.739. The number of hydrogen-bond acceptors (Lipinski definition) is 4. The highest BCUT2D eigenvalue weighted by Crippen LogP contribution is 2.35. The van der Waals surface area contributed by atoms with Crippen LogP contribution in [0.4, 0.5) is 0 Å². The number of allylic oxidation sites excluding steroid dienone is 1. The van der Waals surface area contributed by atoms with Crippen LogP contribution >= 0.6 is 0 Å². The molecule has 1 atom stereocenters. The fourth-order valence-electron chi connectivity index (χ4n) is 2.64. The van der Waals surface area contributed by atoms with Crippen molar-refractivity contribution in [1.29, 1.82) is 0 Å². The van der Waals surface area contributed by atoms with Gasteiger partial charge in [0, 0.05) is 24.4 Å². The largest absolute Gasteiger partial charge is 0.480 e. The summed E-state index contributed by atoms with van der Waals surface area (Å²) in [6.45, 7) is 3.79. The molecule has 4 heteroatoms. The number of benzene rings is 2. The van der Waals surface area contributed by atoms with Gasteiger partial charge in [-0.15, -0.1) is 0 Å². The molecule has 0 bridgehead atoms. The fraction of sp³-hybridized carbons (Fsp3) is 0.286. The number of para-hydroxylation sites is 1. The highest BCUT2D eigenvalue weighted by atomic mass is 16.5. The lowest BCUT2D eigenvalue weighted by Gasteiger charge is -2.22. The molecule has 2 aromatic carbocycles. The molecule has 0 spiro atoms. The zero-order valence-corrected chi connectivity index (χ0v) is 15.0. The lowest BCUT2D eigenvalue weighted by atomic mass is 10.0. The van der Waals surface area contributed by atoms with Crippen LogP contribution in [0.5, 0.6) is 17.2 Å². The fourth-order valence-corrected chi connectivity index (χ4v) is 2.64. The summed E-state index contributed by atoms with van der Waals surface area (Å²) in [6, 6.07) is 15.7. The first-order chi connectivity index (χ1) is 12.1. The van der Waals surface area contributed by atoms with Crippen molar-refractivity contribution in [2.75, 3.05) is 27.2 Å². The van der Waals surface area contributed by atoms with E-state index in [-0.39, 0.29) is 6.10 Å². The predicted molar refractivity (Wildman–Crippen MR) is 103 cm³/mol. The number of rotatable bonds is 6. The zero-order chi connectivity index (χ0) is 17.6. The van der Waals surface area contributed by atoms with Crippen molar-refractivity contribution in [3.63, 3.8) is 0 Å². The first kappa shape index (κ1) is 17.2. The standard InChI is InChI=1S/C21H24N2O2/c1-16-13-19(15-22-11-12-23(2)3)25-21-14-18(9-10-20(16)21)24-17-7-5-4-6-8-17/h4-10,13-15,19H,11-12H2,1-3H3. The minimum absolute atomic E-state index is 0.137. The van der Waals surface area contributed by atoms with E-state index in [0.29, 0.717) is 0 Å². The van der Waals surface area contributed by atoms with E-state index in [2.05, 4.69) is 22.9 Å². The SMILES string of the molecule is CC1=CC(C=NCCN(C)C)Oc2cc(Oc3ccccc3)ccc21. The third-order valence-corrected chi connectivity index (χ3v) is 3.96. The van der Waals surface area contributed by atoms with Crippen LogP contribution in [0, 0.1) is 0 Å². The molecule has 0 aromatic heterocycles. The second kappa shape index (κ2) is 7.99. The molecule has 0 fully saturated rings. The first-order valence-electron chi connectivity index (χ1n) is 8.49. The zero-order valence-electron chi connectivity index (χ0n) is 15.0. The number of ether oxygens (including phenoxy) is 2. The summed E-state index contributed by atoms with van der Waals surface area (Å²) in [5.41, 5.74) is 2.29. The molecule has 1 aliphatic heterocycles. The van der Waals surface area contributed by atoms with Crippen molar-refractivity contribution in [2.24, 2.45) is 4.99 Å². The highest BCUT2D eigenvalue weighted by Gasteiger charge is 2.18. The molecule has 1 heterocycles. The number of likely N-dealkylation sites (N-methyl/N-ethyl adjacent to an activating group) is 1. The van der Waals surface area contributed by atoms with E-state index in [4.69, 9.17) is 9.47 Å². The minimum Gasteiger partial charge on any atom is -0.480 e. The Balaban J connectivity index is 1.72. The van der Waals surface area contributed by atoms with E-state index in [1.54, 1.807) is 0 Å². The number of fused-ring (bicyclic) bond motifs is 1. The number of hydrogen-bond donors (Lipinski definition) is 0. The van der Waals surface area contributed by atoms with Gasteiger partial charge >= 0.3 is 0 Å². The number of nitrogens with zero attached hydrogens (tertiary/aromatic N) is 2. The molecule has 0 saturated carbocycles. The van der Waals surface area contributed by atoms with E-state index in [0.717, 1.165) is 35.9 Å². The van der Waals surface area contributed by atoms with Gasteiger partial charge in [-0.1, -0.05) is 18.2 Å². The van der Waals surface area contributed by atoms with Gasteiger partial charge in [0.25, 0.3) is 0 Å². The maximum absolute atomic E-state index is 6.07. The third kappa shape index (κ3) is 4.70. The van der Waals surface area contributed by atoms with E-state index >= 15 is 0 Å². The molecule has 1 unspecified atom stereocenters. The molecule has 1 aliphatic rings. The Hall–Kier alpha value is -2.59. The molecule has 4 nitrogen and oxygen atoms in total. The average molecular weight is 336 g/mol. The Morgan fingerprint density at radius 3 is 2.68 bits per heavy atom. The van der Waals surface area contributed by atoms with Crippen LogP contribution in [-0.4, -0.2) is 44.4 Å². The average Bonchev–Trinajstić information content (AvgIpc) is 2.59. The van der Waals surface area contributed by atoms with Crippen molar-refractivity contribution < 1.29 is 9.47 Å². The molecular formula is C21H24N2O2. The Morgan fingerprint density at radius 2 is 1.92 bits per heavy atom. The number of aliphatic imine (C=N–C) groups is 1. The topological polar surface area (TPSA) is 34.1 Å². The molecule has 25 heavy (non-hydrogen) atoms. The summed E-state index contributed by atoms with van der Waals surface area (Å²) >= 11 is 0. The van der Waals surface area contributed by atoms with Crippen molar-refractivity contribution in [2.45, 2.75) is 13.0 Å². The predicted octanol–water partition coefficient (Wildman–Crippen LogP) is 4.28. The van der Waals surface area contributed by atoms with Crippen LogP contribution in [-0.2, 0) is 0 Å². The normalized spacial score (nSPS) is 16.5. The highest BCUT2D eigenvalue weighted by molar-refractivity contribution is 5.78. The summed E-state index contributed by atoms with van der Waals surface area (Å²) in [4.78, 5) is 6.58. The van der Waals surface area contributed by atoms with E-state index in [1.807, 2.05) is 68.8 Å². The Labute approximate surface area is 149 Å². The van der Waals surface area contributed by atoms with Gasteiger partial charge < -0.3 is 14.4 Å². The summed E-state index contributed by atoms with van der Waals surface area (Å²) < 4.78 is 12.0. The van der Waals surface area contributed by atoms with Gasteiger partial charge in [0.1, 0.15) is 17.2 Å². The van der Waals surface area contributed by atoms with Crippen LogP contribution in [0.2, 0.25) is 0 Å². The Kier molecular flexibility index (Phi) is 5.51. The smallest absolute Gasteiger partial charge is 0.152 e. The van der Waals surface area contributed by atoms with Crippen LogP contribution in [0.25, 0.3) is 5.57 Å². The Morgan fingerprint density at radius 1 is 1.12 bits per heavy atom. The van der Waals surface area contributed by atoms with Crippen LogP contribution in [0.15, 0.2) is 59.6 Å². The minimum atomic E-state index is -0.137. The summed E-state index contributed by atoms with van der Waals surface area (Å²) in [6.07, 6.45) is 3.83. The van der Waals surface area contributed by atoms with Crippen LogP contribution in [0.3, 0.4) is 0 Å².